The van der Waals surface area contributed by atoms with Crippen molar-refractivity contribution in [1.29, 1.82) is 0 Å². The molecular formula is C19H17ClN6O3. The van der Waals surface area contributed by atoms with E-state index < -0.39 is 0 Å². The molecule has 148 valence electrons. The van der Waals surface area contributed by atoms with Crippen LogP contribution in [-0.2, 0) is 13.6 Å². The molecule has 0 radical (unpaired) electrons. The van der Waals surface area contributed by atoms with Gasteiger partial charge in [0.1, 0.15) is 24.7 Å². The fourth-order valence-electron chi connectivity index (χ4n) is 3.43. The summed E-state index contributed by atoms with van der Waals surface area (Å²) in [7, 11) is 1.76. The molecule has 4 aromatic rings. The average Bonchev–Trinajstić information content (AvgIpc) is 3.27. The molecule has 0 spiro atoms. The summed E-state index contributed by atoms with van der Waals surface area (Å²) in [4.78, 5) is 25.3. The molecule has 0 aliphatic heterocycles. The van der Waals surface area contributed by atoms with Gasteiger partial charge in [-0.3, -0.25) is 9.36 Å². The molecule has 29 heavy (non-hydrogen) atoms. The third-order valence-electron chi connectivity index (χ3n) is 5.05. The molecule has 0 atom stereocenters. The van der Waals surface area contributed by atoms with Crippen LogP contribution in [0.4, 0.5) is 0 Å². The second kappa shape index (κ2) is 7.00. The zero-order valence-corrected chi connectivity index (χ0v) is 16.3. The Hall–Kier alpha value is -3.20. The Balaban J connectivity index is 1.25. The van der Waals surface area contributed by atoms with Gasteiger partial charge in [-0.05, 0) is 31.0 Å². The van der Waals surface area contributed by atoms with Crippen molar-refractivity contribution in [2.75, 3.05) is 0 Å². The number of benzene rings is 1. The van der Waals surface area contributed by atoms with Crippen LogP contribution in [-0.4, -0.2) is 35.3 Å². The fraction of sp³-hybridized carbons (Fsp3) is 0.316. The van der Waals surface area contributed by atoms with E-state index in [1.54, 1.807) is 24.0 Å². The monoisotopic (exact) mass is 412 g/mol. The highest BCUT2D eigenvalue weighted by atomic mass is 35.5. The Morgan fingerprint density at radius 3 is 2.93 bits per heavy atom. The topological polar surface area (TPSA) is 101 Å². The molecule has 9 nitrogen and oxygen atoms in total. The van der Waals surface area contributed by atoms with Gasteiger partial charge in [0.05, 0.1) is 6.33 Å². The van der Waals surface area contributed by atoms with E-state index in [4.69, 9.17) is 20.9 Å². The van der Waals surface area contributed by atoms with Crippen molar-refractivity contribution in [2.24, 2.45) is 7.05 Å². The SMILES string of the molecule is Cn1cnc2ncn(Cc3nc(C4CC(Oc5cccc(Cl)c5)C4)no3)c(=O)c21. The van der Waals surface area contributed by atoms with Crippen LogP contribution in [0.3, 0.4) is 0 Å². The molecule has 1 fully saturated rings. The summed E-state index contributed by atoms with van der Waals surface area (Å²) in [5.74, 6) is 1.93. The van der Waals surface area contributed by atoms with Crippen molar-refractivity contribution in [2.45, 2.75) is 31.4 Å². The van der Waals surface area contributed by atoms with Gasteiger partial charge in [-0.15, -0.1) is 0 Å². The molecule has 10 heteroatoms. The van der Waals surface area contributed by atoms with Gasteiger partial charge < -0.3 is 13.8 Å². The Bertz CT molecular complexity index is 1240. The normalized spacial score (nSPS) is 18.7. The number of halogens is 1. The smallest absolute Gasteiger partial charge is 0.280 e. The number of nitrogens with zero attached hydrogens (tertiary/aromatic N) is 6. The average molecular weight is 413 g/mol. The summed E-state index contributed by atoms with van der Waals surface area (Å²) in [6.45, 7) is 0.162. The second-order valence-electron chi connectivity index (χ2n) is 7.12. The summed E-state index contributed by atoms with van der Waals surface area (Å²) < 4.78 is 14.3. The lowest BCUT2D eigenvalue weighted by molar-refractivity contribution is 0.0943. The maximum Gasteiger partial charge on any atom is 0.280 e. The van der Waals surface area contributed by atoms with E-state index in [1.165, 1.54) is 10.9 Å². The van der Waals surface area contributed by atoms with Crippen molar-refractivity contribution in [1.82, 2.24) is 29.2 Å². The molecule has 0 amide bonds. The largest absolute Gasteiger partial charge is 0.490 e. The van der Waals surface area contributed by atoms with E-state index >= 15 is 0 Å². The molecule has 3 heterocycles. The molecule has 0 saturated heterocycles. The number of hydrogen-bond donors (Lipinski definition) is 0. The first-order valence-electron chi connectivity index (χ1n) is 9.18. The van der Waals surface area contributed by atoms with Gasteiger partial charge in [-0.2, -0.15) is 4.98 Å². The fourth-order valence-corrected chi connectivity index (χ4v) is 3.61. The van der Waals surface area contributed by atoms with E-state index in [2.05, 4.69) is 20.1 Å². The van der Waals surface area contributed by atoms with Gasteiger partial charge in [-0.25, -0.2) is 9.97 Å². The lowest BCUT2D eigenvalue weighted by Gasteiger charge is -2.33. The number of hydrogen-bond acceptors (Lipinski definition) is 7. The van der Waals surface area contributed by atoms with Crippen molar-refractivity contribution in [3.8, 4) is 5.75 Å². The highest BCUT2D eigenvalue weighted by Crippen LogP contribution is 2.38. The number of aryl methyl sites for hydroxylation is 1. The summed E-state index contributed by atoms with van der Waals surface area (Å²) >= 11 is 5.98. The van der Waals surface area contributed by atoms with E-state index in [1.807, 2.05) is 18.2 Å². The van der Waals surface area contributed by atoms with Gasteiger partial charge in [0, 0.05) is 18.0 Å². The van der Waals surface area contributed by atoms with Crippen molar-refractivity contribution in [3.63, 3.8) is 0 Å². The van der Waals surface area contributed by atoms with Gasteiger partial charge in [-0.1, -0.05) is 22.8 Å². The third-order valence-corrected chi connectivity index (χ3v) is 5.28. The van der Waals surface area contributed by atoms with Crippen LogP contribution in [0.5, 0.6) is 5.75 Å². The molecular weight excluding hydrogens is 396 g/mol. The van der Waals surface area contributed by atoms with Crippen LogP contribution in [0.1, 0.15) is 30.5 Å². The summed E-state index contributed by atoms with van der Waals surface area (Å²) in [5, 5.41) is 4.72. The number of fused-ring (bicyclic) bond motifs is 1. The molecule has 0 unspecified atom stereocenters. The minimum Gasteiger partial charge on any atom is -0.490 e. The van der Waals surface area contributed by atoms with Crippen molar-refractivity contribution >= 4 is 22.8 Å². The Morgan fingerprint density at radius 2 is 2.10 bits per heavy atom. The first-order valence-corrected chi connectivity index (χ1v) is 9.56. The number of ether oxygens (including phenoxy) is 1. The molecule has 5 rings (SSSR count). The summed E-state index contributed by atoms with van der Waals surface area (Å²) in [5.41, 5.74) is 0.654. The van der Waals surface area contributed by atoms with Crippen LogP contribution in [0, 0.1) is 0 Å². The molecule has 0 bridgehead atoms. The van der Waals surface area contributed by atoms with E-state index in [-0.39, 0.29) is 24.1 Å². The van der Waals surface area contributed by atoms with Gasteiger partial charge in [0.2, 0.25) is 5.89 Å². The van der Waals surface area contributed by atoms with E-state index in [0.29, 0.717) is 27.9 Å². The lowest BCUT2D eigenvalue weighted by atomic mass is 9.82. The van der Waals surface area contributed by atoms with E-state index in [0.717, 1.165) is 18.6 Å². The predicted octanol–water partition coefficient (Wildman–Crippen LogP) is 2.54. The highest BCUT2D eigenvalue weighted by Gasteiger charge is 2.35. The number of rotatable bonds is 5. The zero-order chi connectivity index (χ0) is 20.0. The minimum atomic E-state index is -0.201. The van der Waals surface area contributed by atoms with Crippen LogP contribution in [0.15, 0.2) is 46.2 Å². The van der Waals surface area contributed by atoms with Gasteiger partial charge in [0.25, 0.3) is 5.56 Å². The van der Waals surface area contributed by atoms with Gasteiger partial charge in [0.15, 0.2) is 17.0 Å². The number of imidazole rings is 1. The molecule has 1 saturated carbocycles. The maximum atomic E-state index is 12.6. The first kappa shape index (κ1) is 17.9. The van der Waals surface area contributed by atoms with Crippen molar-refractivity contribution < 1.29 is 9.26 Å². The molecule has 3 aromatic heterocycles. The Kier molecular flexibility index (Phi) is 4.31. The van der Waals surface area contributed by atoms with Gasteiger partial charge >= 0.3 is 0 Å². The standard InChI is InChI=1S/C19H17ClN6O3/c1-25-9-21-18-16(25)19(27)26(10-22-18)8-15-23-17(24-29-15)11-5-14(6-11)28-13-4-2-3-12(20)7-13/h2-4,7,9-11,14H,5-6,8H2,1H3. The van der Waals surface area contributed by atoms with Crippen molar-refractivity contribution in [3.05, 3.63) is 64.0 Å². The molecule has 1 aromatic carbocycles. The highest BCUT2D eigenvalue weighted by molar-refractivity contribution is 6.30. The van der Waals surface area contributed by atoms with Crippen LogP contribution in [0.25, 0.3) is 11.2 Å². The summed E-state index contributed by atoms with van der Waals surface area (Å²) in [6.07, 6.45) is 4.70. The quantitative estimate of drug-likeness (QED) is 0.496. The van der Waals surface area contributed by atoms with Crippen LogP contribution < -0.4 is 10.3 Å². The summed E-state index contributed by atoms with van der Waals surface area (Å²) in [6, 6.07) is 7.35. The third kappa shape index (κ3) is 3.38. The molecule has 1 aliphatic carbocycles. The van der Waals surface area contributed by atoms with Crippen LogP contribution >= 0.6 is 11.6 Å². The Labute approximate surface area is 169 Å². The second-order valence-corrected chi connectivity index (χ2v) is 7.55. The number of aromatic nitrogens is 6. The Morgan fingerprint density at radius 1 is 1.28 bits per heavy atom. The lowest BCUT2D eigenvalue weighted by Crippen LogP contribution is -2.32. The zero-order valence-electron chi connectivity index (χ0n) is 15.5. The molecule has 0 N–H and O–H groups in total. The van der Waals surface area contributed by atoms with Crippen LogP contribution in [0.2, 0.25) is 5.02 Å². The maximum absolute atomic E-state index is 12.6. The predicted molar refractivity (Wildman–Crippen MR) is 104 cm³/mol. The van der Waals surface area contributed by atoms with E-state index in [9.17, 15) is 4.79 Å². The minimum absolute atomic E-state index is 0.0967. The molecule has 1 aliphatic rings. The first-order chi connectivity index (χ1) is 14.1.